The molecule has 1 aromatic carbocycles. The Balaban J connectivity index is 1.87. The number of methoxy groups -OCH3 is 1. The third-order valence-electron chi connectivity index (χ3n) is 4.46. The number of nitrogens with one attached hydrogen (secondary N) is 1. The highest BCUT2D eigenvalue weighted by Crippen LogP contribution is 2.29. The molecule has 2 amide bonds. The summed E-state index contributed by atoms with van der Waals surface area (Å²) in [5.74, 6) is 1.25. The highest BCUT2D eigenvalue weighted by Gasteiger charge is 2.21. The Kier molecular flexibility index (Phi) is 8.73. The fraction of sp³-hybridized carbons (Fsp3) is 0.455. The third-order valence-corrected chi connectivity index (χ3v) is 4.46. The molecule has 1 aliphatic rings. The summed E-state index contributed by atoms with van der Waals surface area (Å²) in [6.07, 6.45) is 5.06. The number of carbonyl (C=O) groups is 2. The topological polar surface area (TPSA) is 71.1 Å². The molecule has 0 aromatic heterocycles. The van der Waals surface area contributed by atoms with Gasteiger partial charge in [0.1, 0.15) is 0 Å². The summed E-state index contributed by atoms with van der Waals surface area (Å²) in [6.45, 7) is 10.9. The first-order valence-corrected chi connectivity index (χ1v) is 9.84. The molecule has 29 heavy (non-hydrogen) atoms. The normalized spacial score (nSPS) is 14.8. The van der Waals surface area contributed by atoms with E-state index < -0.39 is 0 Å². The van der Waals surface area contributed by atoms with Crippen molar-refractivity contribution in [3.05, 3.63) is 42.5 Å². The highest BCUT2D eigenvalue weighted by atomic mass is 16.5. The van der Waals surface area contributed by atoms with Crippen LogP contribution in [-0.4, -0.2) is 74.1 Å². The Labute approximate surface area is 173 Å². The monoisotopic (exact) mass is 401 g/mol. The van der Waals surface area contributed by atoms with Crippen LogP contribution in [0.4, 0.5) is 0 Å². The highest BCUT2D eigenvalue weighted by molar-refractivity contribution is 5.92. The summed E-state index contributed by atoms with van der Waals surface area (Å²) in [6, 6.07) is 5.59. The summed E-state index contributed by atoms with van der Waals surface area (Å²) in [5, 5.41) is 2.77. The van der Waals surface area contributed by atoms with Crippen molar-refractivity contribution in [1.29, 1.82) is 0 Å². The number of ether oxygens (including phenoxy) is 2. The molecule has 158 valence electrons. The van der Waals surface area contributed by atoms with Gasteiger partial charge in [0.2, 0.25) is 11.8 Å². The first-order valence-electron chi connectivity index (χ1n) is 9.84. The molecule has 1 saturated heterocycles. The Bertz CT molecular complexity index is 738. The maximum Gasteiger partial charge on any atom is 0.246 e. The van der Waals surface area contributed by atoms with Gasteiger partial charge in [0, 0.05) is 38.8 Å². The molecule has 0 radical (unpaired) electrons. The summed E-state index contributed by atoms with van der Waals surface area (Å²) in [5.41, 5.74) is 0.865. The van der Waals surface area contributed by atoms with Crippen molar-refractivity contribution in [3.63, 3.8) is 0 Å². The molecule has 7 heteroatoms. The van der Waals surface area contributed by atoms with Gasteiger partial charge in [-0.25, -0.2) is 0 Å². The maximum absolute atomic E-state index is 12.5. The molecule has 0 unspecified atom stereocenters. The predicted molar refractivity (Wildman–Crippen MR) is 114 cm³/mol. The minimum Gasteiger partial charge on any atom is -0.493 e. The largest absolute Gasteiger partial charge is 0.493 e. The average Bonchev–Trinajstić information content (AvgIpc) is 2.71. The van der Waals surface area contributed by atoms with E-state index in [9.17, 15) is 9.59 Å². The Morgan fingerprint density at radius 3 is 2.55 bits per heavy atom. The molecule has 0 saturated carbocycles. The molecule has 1 N–H and O–H groups in total. The van der Waals surface area contributed by atoms with Crippen LogP contribution in [0.5, 0.6) is 11.5 Å². The Morgan fingerprint density at radius 1 is 1.21 bits per heavy atom. The van der Waals surface area contributed by atoms with Crippen LogP contribution >= 0.6 is 0 Å². The van der Waals surface area contributed by atoms with Crippen molar-refractivity contribution in [2.24, 2.45) is 0 Å². The van der Waals surface area contributed by atoms with Crippen LogP contribution in [0, 0.1) is 0 Å². The van der Waals surface area contributed by atoms with E-state index in [1.54, 1.807) is 30.2 Å². The molecule has 0 bridgehead atoms. The molecule has 2 rings (SSSR count). The summed E-state index contributed by atoms with van der Waals surface area (Å²) in [4.78, 5) is 28.1. The lowest BCUT2D eigenvalue weighted by Gasteiger charge is -2.33. The van der Waals surface area contributed by atoms with Crippen molar-refractivity contribution in [1.82, 2.24) is 15.1 Å². The lowest BCUT2D eigenvalue weighted by atomic mass is 10.1. The SMILES string of the molecule is C=CCNC(=O)CN1CCN(C(=O)C=Cc2ccc(OC(C)C)c(OC)c2)CC1. The van der Waals surface area contributed by atoms with Crippen molar-refractivity contribution >= 4 is 17.9 Å². The summed E-state index contributed by atoms with van der Waals surface area (Å²) >= 11 is 0. The first kappa shape index (κ1) is 22.5. The average molecular weight is 402 g/mol. The molecule has 1 fully saturated rings. The van der Waals surface area contributed by atoms with Crippen LogP contribution in [0.25, 0.3) is 6.08 Å². The zero-order valence-corrected chi connectivity index (χ0v) is 17.5. The lowest BCUT2D eigenvalue weighted by molar-refractivity contribution is -0.128. The van der Waals surface area contributed by atoms with Gasteiger partial charge >= 0.3 is 0 Å². The van der Waals surface area contributed by atoms with Crippen molar-refractivity contribution in [2.75, 3.05) is 46.4 Å². The Hall–Kier alpha value is -2.80. The van der Waals surface area contributed by atoms with Crippen LogP contribution in [0.2, 0.25) is 0 Å². The standard InChI is InChI=1S/C22H31N3O4/c1-5-10-23-21(26)16-24-11-13-25(14-12-24)22(27)9-7-18-6-8-19(29-17(2)3)20(15-18)28-4/h5-9,15,17H,1,10-14,16H2,2-4H3,(H,23,26). The number of rotatable bonds is 9. The van der Waals surface area contributed by atoms with E-state index in [2.05, 4.69) is 11.9 Å². The van der Waals surface area contributed by atoms with Gasteiger partial charge in [0.15, 0.2) is 11.5 Å². The van der Waals surface area contributed by atoms with Gasteiger partial charge in [-0.3, -0.25) is 14.5 Å². The second-order valence-electron chi connectivity index (χ2n) is 7.10. The van der Waals surface area contributed by atoms with Gasteiger partial charge in [-0.1, -0.05) is 12.1 Å². The molecular weight excluding hydrogens is 370 g/mol. The van der Waals surface area contributed by atoms with E-state index in [-0.39, 0.29) is 17.9 Å². The van der Waals surface area contributed by atoms with E-state index in [1.807, 2.05) is 36.9 Å². The van der Waals surface area contributed by atoms with Gasteiger partial charge in [-0.15, -0.1) is 6.58 Å². The minimum absolute atomic E-state index is 0.0246. The van der Waals surface area contributed by atoms with E-state index in [1.165, 1.54) is 0 Å². The van der Waals surface area contributed by atoms with Crippen LogP contribution in [0.1, 0.15) is 19.4 Å². The minimum atomic E-state index is -0.0396. The smallest absolute Gasteiger partial charge is 0.246 e. The van der Waals surface area contributed by atoms with Gasteiger partial charge in [0.25, 0.3) is 0 Å². The zero-order valence-electron chi connectivity index (χ0n) is 17.5. The lowest BCUT2D eigenvalue weighted by Crippen LogP contribution is -2.50. The van der Waals surface area contributed by atoms with Gasteiger partial charge in [-0.05, 0) is 37.6 Å². The number of piperazine rings is 1. The van der Waals surface area contributed by atoms with E-state index in [0.29, 0.717) is 50.8 Å². The van der Waals surface area contributed by atoms with E-state index in [4.69, 9.17) is 9.47 Å². The number of benzene rings is 1. The fourth-order valence-corrected chi connectivity index (χ4v) is 2.98. The summed E-state index contributed by atoms with van der Waals surface area (Å²) < 4.78 is 11.1. The zero-order chi connectivity index (χ0) is 21.2. The van der Waals surface area contributed by atoms with Crippen LogP contribution < -0.4 is 14.8 Å². The van der Waals surface area contributed by atoms with Gasteiger partial charge < -0.3 is 19.7 Å². The molecule has 0 aliphatic carbocycles. The van der Waals surface area contributed by atoms with E-state index in [0.717, 1.165) is 5.56 Å². The number of hydrogen-bond donors (Lipinski definition) is 1. The second kappa shape index (κ2) is 11.3. The van der Waals surface area contributed by atoms with E-state index >= 15 is 0 Å². The molecule has 1 aliphatic heterocycles. The summed E-state index contributed by atoms with van der Waals surface area (Å²) in [7, 11) is 1.60. The Morgan fingerprint density at radius 2 is 1.93 bits per heavy atom. The molecule has 7 nitrogen and oxygen atoms in total. The van der Waals surface area contributed by atoms with Crippen molar-refractivity contribution < 1.29 is 19.1 Å². The van der Waals surface area contributed by atoms with Gasteiger partial charge in [0.05, 0.1) is 19.8 Å². The molecule has 1 heterocycles. The van der Waals surface area contributed by atoms with Crippen molar-refractivity contribution in [3.8, 4) is 11.5 Å². The number of hydrogen-bond acceptors (Lipinski definition) is 5. The molecule has 1 aromatic rings. The number of nitrogens with zero attached hydrogens (tertiary/aromatic N) is 2. The molecular formula is C22H31N3O4. The number of carbonyl (C=O) groups excluding carboxylic acids is 2. The molecule has 0 atom stereocenters. The fourth-order valence-electron chi connectivity index (χ4n) is 2.98. The quantitative estimate of drug-likeness (QED) is 0.506. The van der Waals surface area contributed by atoms with Crippen LogP contribution in [-0.2, 0) is 9.59 Å². The van der Waals surface area contributed by atoms with Crippen LogP contribution in [0.3, 0.4) is 0 Å². The predicted octanol–water partition coefficient (Wildman–Crippen LogP) is 1.94. The van der Waals surface area contributed by atoms with Gasteiger partial charge in [-0.2, -0.15) is 0 Å². The third kappa shape index (κ3) is 7.27. The molecule has 0 spiro atoms. The maximum atomic E-state index is 12.5. The first-order chi connectivity index (χ1) is 13.9. The van der Waals surface area contributed by atoms with Crippen LogP contribution in [0.15, 0.2) is 36.9 Å². The van der Waals surface area contributed by atoms with Crippen molar-refractivity contribution in [2.45, 2.75) is 20.0 Å². The number of amides is 2. The second-order valence-corrected chi connectivity index (χ2v) is 7.10.